The Bertz CT molecular complexity index is 361. The van der Waals surface area contributed by atoms with Crippen LogP contribution in [0, 0.1) is 0 Å². The average Bonchev–Trinajstić information content (AvgIpc) is 2.35. The molecule has 1 aliphatic rings. The highest BCUT2D eigenvalue weighted by atomic mass is 79.9. The minimum Gasteiger partial charge on any atom is -0.382 e. The first-order valence-corrected chi connectivity index (χ1v) is 7.13. The van der Waals surface area contributed by atoms with E-state index in [1.165, 1.54) is 43.4 Å². The maximum absolute atomic E-state index is 5.27. The normalized spacial score (nSPS) is 17.1. The number of hydrogen-bond acceptors (Lipinski definition) is 2. The summed E-state index contributed by atoms with van der Waals surface area (Å²) < 4.78 is 6.39. The second-order valence-electron chi connectivity index (χ2n) is 4.68. The van der Waals surface area contributed by atoms with Gasteiger partial charge in [-0.3, -0.25) is 0 Å². The van der Waals surface area contributed by atoms with Crippen molar-refractivity contribution in [3.8, 4) is 0 Å². The summed E-state index contributed by atoms with van der Waals surface area (Å²) in [5.41, 5.74) is 2.44. The maximum atomic E-state index is 5.27. The Morgan fingerprint density at radius 1 is 1.29 bits per heavy atom. The summed E-state index contributed by atoms with van der Waals surface area (Å²) in [4.78, 5) is 0. The topological polar surface area (TPSA) is 21.3 Å². The van der Waals surface area contributed by atoms with Crippen molar-refractivity contribution < 1.29 is 4.74 Å². The molecule has 1 aromatic carbocycles. The van der Waals surface area contributed by atoms with E-state index in [9.17, 15) is 0 Å². The lowest BCUT2D eigenvalue weighted by molar-refractivity contribution is 0.184. The first kappa shape index (κ1) is 12.9. The SMILES string of the molecule is COCc1c(Br)cccc1NC1CCCCC1. The van der Waals surface area contributed by atoms with Gasteiger partial charge in [0.1, 0.15) is 0 Å². The van der Waals surface area contributed by atoms with E-state index in [-0.39, 0.29) is 0 Å². The van der Waals surface area contributed by atoms with Gasteiger partial charge >= 0.3 is 0 Å². The van der Waals surface area contributed by atoms with Crippen LogP contribution >= 0.6 is 15.9 Å². The van der Waals surface area contributed by atoms with Crippen LogP contribution < -0.4 is 5.32 Å². The molecule has 0 saturated heterocycles. The van der Waals surface area contributed by atoms with Gasteiger partial charge < -0.3 is 10.1 Å². The van der Waals surface area contributed by atoms with E-state index in [4.69, 9.17) is 4.74 Å². The van der Waals surface area contributed by atoms with Crippen LogP contribution in [-0.4, -0.2) is 13.2 Å². The molecule has 0 aromatic heterocycles. The monoisotopic (exact) mass is 297 g/mol. The highest BCUT2D eigenvalue weighted by molar-refractivity contribution is 9.10. The minimum absolute atomic E-state index is 0.633. The highest BCUT2D eigenvalue weighted by Gasteiger charge is 2.15. The Morgan fingerprint density at radius 2 is 2.06 bits per heavy atom. The molecule has 94 valence electrons. The lowest BCUT2D eigenvalue weighted by atomic mass is 9.95. The van der Waals surface area contributed by atoms with E-state index in [1.54, 1.807) is 7.11 Å². The largest absolute Gasteiger partial charge is 0.382 e. The molecular weight excluding hydrogens is 278 g/mol. The van der Waals surface area contributed by atoms with Gasteiger partial charge in [0.05, 0.1) is 6.61 Å². The number of rotatable bonds is 4. The van der Waals surface area contributed by atoms with Crippen molar-refractivity contribution in [3.63, 3.8) is 0 Å². The van der Waals surface area contributed by atoms with Crippen LogP contribution in [0.1, 0.15) is 37.7 Å². The van der Waals surface area contributed by atoms with Gasteiger partial charge in [-0.2, -0.15) is 0 Å². The average molecular weight is 298 g/mol. The molecule has 0 atom stereocenters. The molecular formula is C14H20BrNO. The number of hydrogen-bond donors (Lipinski definition) is 1. The van der Waals surface area contributed by atoms with Crippen LogP contribution in [0.5, 0.6) is 0 Å². The van der Waals surface area contributed by atoms with Crippen molar-refractivity contribution >= 4 is 21.6 Å². The summed E-state index contributed by atoms with van der Waals surface area (Å²) in [5, 5.41) is 3.67. The molecule has 17 heavy (non-hydrogen) atoms. The zero-order valence-electron chi connectivity index (χ0n) is 10.3. The zero-order valence-corrected chi connectivity index (χ0v) is 11.9. The number of ether oxygens (including phenoxy) is 1. The Morgan fingerprint density at radius 3 is 2.76 bits per heavy atom. The Kier molecular flexibility index (Phi) is 4.86. The van der Waals surface area contributed by atoms with Crippen molar-refractivity contribution in [1.82, 2.24) is 0 Å². The van der Waals surface area contributed by atoms with Gasteiger partial charge in [-0.05, 0) is 25.0 Å². The summed E-state index contributed by atoms with van der Waals surface area (Å²) >= 11 is 3.59. The van der Waals surface area contributed by atoms with Crippen LogP contribution in [0.2, 0.25) is 0 Å². The second-order valence-corrected chi connectivity index (χ2v) is 5.53. The standard InChI is InChI=1S/C14H20BrNO/c1-17-10-12-13(15)8-5-9-14(12)16-11-6-3-2-4-7-11/h5,8-9,11,16H,2-4,6-7,10H2,1H3. The van der Waals surface area contributed by atoms with Crippen LogP contribution in [-0.2, 0) is 11.3 Å². The van der Waals surface area contributed by atoms with Crippen LogP contribution in [0.25, 0.3) is 0 Å². The van der Waals surface area contributed by atoms with Gasteiger partial charge in [0.15, 0.2) is 0 Å². The quantitative estimate of drug-likeness (QED) is 0.892. The third-order valence-corrected chi connectivity index (χ3v) is 4.12. The molecule has 0 unspecified atom stereocenters. The molecule has 1 aromatic rings. The smallest absolute Gasteiger partial charge is 0.0744 e. The molecule has 0 aliphatic heterocycles. The summed E-state index contributed by atoms with van der Waals surface area (Å²) in [5.74, 6) is 0. The maximum Gasteiger partial charge on any atom is 0.0744 e. The lowest BCUT2D eigenvalue weighted by Crippen LogP contribution is -2.23. The first-order chi connectivity index (χ1) is 8.31. The van der Waals surface area contributed by atoms with Gasteiger partial charge in [-0.15, -0.1) is 0 Å². The molecule has 3 heteroatoms. The molecule has 2 rings (SSSR count). The molecule has 1 N–H and O–H groups in total. The van der Waals surface area contributed by atoms with Gasteiger partial charge in [-0.1, -0.05) is 41.3 Å². The van der Waals surface area contributed by atoms with Crippen LogP contribution in [0.15, 0.2) is 22.7 Å². The molecule has 0 amide bonds. The Hall–Kier alpha value is -0.540. The molecule has 1 fully saturated rings. The van der Waals surface area contributed by atoms with Crippen molar-refractivity contribution in [1.29, 1.82) is 0 Å². The van der Waals surface area contributed by atoms with E-state index in [0.717, 1.165) is 4.47 Å². The Balaban J connectivity index is 2.10. The fourth-order valence-corrected chi connectivity index (χ4v) is 2.93. The Labute approximate surface area is 112 Å². The summed E-state index contributed by atoms with van der Waals surface area (Å²) in [7, 11) is 1.74. The summed E-state index contributed by atoms with van der Waals surface area (Å²) in [6.07, 6.45) is 6.68. The molecule has 1 aliphatic carbocycles. The van der Waals surface area contributed by atoms with E-state index < -0.39 is 0 Å². The van der Waals surface area contributed by atoms with Crippen LogP contribution in [0.4, 0.5) is 5.69 Å². The van der Waals surface area contributed by atoms with Gasteiger partial charge in [0.2, 0.25) is 0 Å². The zero-order chi connectivity index (χ0) is 12.1. The number of halogens is 1. The summed E-state index contributed by atoms with van der Waals surface area (Å²) in [6.45, 7) is 0.649. The third kappa shape index (κ3) is 3.46. The van der Waals surface area contributed by atoms with Crippen molar-refractivity contribution in [2.24, 2.45) is 0 Å². The number of benzene rings is 1. The van der Waals surface area contributed by atoms with E-state index in [2.05, 4.69) is 39.4 Å². The predicted octanol–water partition coefficient (Wildman–Crippen LogP) is 4.34. The molecule has 2 nitrogen and oxygen atoms in total. The first-order valence-electron chi connectivity index (χ1n) is 6.34. The number of methoxy groups -OCH3 is 1. The lowest BCUT2D eigenvalue weighted by Gasteiger charge is -2.25. The van der Waals surface area contributed by atoms with Gasteiger partial charge in [0, 0.05) is 28.9 Å². The summed E-state index contributed by atoms with van der Waals surface area (Å²) in [6, 6.07) is 6.93. The van der Waals surface area contributed by atoms with E-state index in [0.29, 0.717) is 12.6 Å². The highest BCUT2D eigenvalue weighted by Crippen LogP contribution is 2.28. The van der Waals surface area contributed by atoms with E-state index >= 15 is 0 Å². The predicted molar refractivity (Wildman–Crippen MR) is 75.4 cm³/mol. The number of anilines is 1. The van der Waals surface area contributed by atoms with Crippen LogP contribution in [0.3, 0.4) is 0 Å². The van der Waals surface area contributed by atoms with Crippen molar-refractivity contribution in [3.05, 3.63) is 28.2 Å². The van der Waals surface area contributed by atoms with Gasteiger partial charge in [0.25, 0.3) is 0 Å². The molecule has 0 radical (unpaired) electrons. The van der Waals surface area contributed by atoms with Crippen molar-refractivity contribution in [2.45, 2.75) is 44.8 Å². The van der Waals surface area contributed by atoms with Gasteiger partial charge in [-0.25, -0.2) is 0 Å². The van der Waals surface area contributed by atoms with Crippen molar-refractivity contribution in [2.75, 3.05) is 12.4 Å². The molecule has 0 heterocycles. The third-order valence-electron chi connectivity index (χ3n) is 3.37. The van der Waals surface area contributed by atoms with E-state index in [1.807, 2.05) is 0 Å². The fourth-order valence-electron chi connectivity index (χ4n) is 2.45. The molecule has 0 bridgehead atoms. The fraction of sp³-hybridized carbons (Fsp3) is 0.571. The minimum atomic E-state index is 0.633. The second kappa shape index (κ2) is 6.41. The number of nitrogens with one attached hydrogen (secondary N) is 1. The molecule has 0 spiro atoms. The molecule has 1 saturated carbocycles.